The molecule has 3 N–H and O–H groups in total. The van der Waals surface area contributed by atoms with Crippen LogP contribution in [0.25, 0.3) is 0 Å². The molecule has 0 aromatic heterocycles. The van der Waals surface area contributed by atoms with Crippen molar-refractivity contribution in [3.05, 3.63) is 29.3 Å². The number of halogens is 3. The quantitative estimate of drug-likeness (QED) is 0.716. The molecule has 6 nitrogen and oxygen atoms in total. The third-order valence-electron chi connectivity index (χ3n) is 3.06. The van der Waals surface area contributed by atoms with Crippen molar-refractivity contribution in [3.8, 4) is 5.75 Å². The van der Waals surface area contributed by atoms with Crippen LogP contribution in [0, 0.1) is 0 Å². The van der Waals surface area contributed by atoms with Crippen LogP contribution in [-0.2, 0) is 11.2 Å². The first kappa shape index (κ1) is 16.2. The number of amides is 1. The van der Waals surface area contributed by atoms with Gasteiger partial charge < -0.3 is 20.1 Å². The molecular weight excluding hydrogens is 306 g/mol. The number of rotatable bonds is 3. The Labute approximate surface area is 123 Å². The predicted octanol–water partition coefficient (Wildman–Crippen LogP) is 0.777. The molecule has 0 radical (unpaired) electrons. The summed E-state index contributed by atoms with van der Waals surface area (Å²) in [6.07, 6.45) is -6.36. The van der Waals surface area contributed by atoms with Crippen molar-refractivity contribution in [3.63, 3.8) is 0 Å². The van der Waals surface area contributed by atoms with Crippen molar-refractivity contribution >= 4 is 19.0 Å². The maximum atomic E-state index is 12.1. The van der Waals surface area contributed by atoms with Crippen LogP contribution >= 0.6 is 0 Å². The van der Waals surface area contributed by atoms with Crippen LogP contribution in [0.1, 0.15) is 22.3 Å². The maximum absolute atomic E-state index is 12.1. The molecule has 0 bridgehead atoms. The highest BCUT2D eigenvalue weighted by Crippen LogP contribution is 2.30. The van der Waals surface area contributed by atoms with Gasteiger partial charge in [-0.05, 0) is 18.1 Å². The largest absolute Gasteiger partial charge is 0.547 e. The van der Waals surface area contributed by atoms with E-state index in [1.807, 2.05) is 5.32 Å². The van der Waals surface area contributed by atoms with Gasteiger partial charge in [-0.2, -0.15) is 13.2 Å². The zero-order chi connectivity index (χ0) is 16.5. The first-order chi connectivity index (χ1) is 10.2. The van der Waals surface area contributed by atoms with E-state index < -0.39 is 37.5 Å². The van der Waals surface area contributed by atoms with Crippen molar-refractivity contribution in [1.29, 1.82) is 0 Å². The van der Waals surface area contributed by atoms with Crippen molar-refractivity contribution in [2.75, 3.05) is 0 Å². The Morgan fingerprint density at radius 2 is 2.09 bits per heavy atom. The second-order valence-corrected chi connectivity index (χ2v) is 4.78. The first-order valence-electron chi connectivity index (χ1n) is 6.23. The van der Waals surface area contributed by atoms with Crippen LogP contribution in [0.15, 0.2) is 18.2 Å². The van der Waals surface area contributed by atoms with E-state index in [1.165, 1.54) is 18.2 Å². The Balaban J connectivity index is 2.14. The highest BCUT2D eigenvalue weighted by atomic mass is 19.4. The van der Waals surface area contributed by atoms with Crippen LogP contribution in [0.2, 0.25) is 0 Å². The summed E-state index contributed by atoms with van der Waals surface area (Å²) in [4.78, 5) is 22.3. The fraction of sp³-hybridized carbons (Fsp3) is 0.333. The molecule has 0 aliphatic carbocycles. The summed E-state index contributed by atoms with van der Waals surface area (Å²) in [5.41, 5.74) is 0.208. The van der Waals surface area contributed by atoms with E-state index >= 15 is 0 Å². The number of alkyl halides is 3. The predicted molar refractivity (Wildman–Crippen MR) is 68.3 cm³/mol. The van der Waals surface area contributed by atoms with Crippen LogP contribution in [0.5, 0.6) is 5.75 Å². The Kier molecular flexibility index (Phi) is 4.31. The smallest absolute Gasteiger partial charge is 0.534 e. The number of carbonyl (C=O) groups is 2. The number of benzene rings is 1. The third-order valence-corrected chi connectivity index (χ3v) is 3.06. The van der Waals surface area contributed by atoms with Gasteiger partial charge in [-0.25, -0.2) is 4.79 Å². The molecule has 118 valence electrons. The summed E-state index contributed by atoms with van der Waals surface area (Å²) >= 11 is 0. The number of nitrogens with one attached hydrogen (secondary N) is 1. The molecule has 1 aliphatic rings. The minimum atomic E-state index is -4.65. The van der Waals surface area contributed by atoms with Gasteiger partial charge in [-0.15, -0.1) is 0 Å². The van der Waals surface area contributed by atoms with Gasteiger partial charge in [0.1, 0.15) is 12.2 Å². The van der Waals surface area contributed by atoms with Crippen molar-refractivity contribution in [1.82, 2.24) is 5.32 Å². The molecule has 1 aliphatic heterocycles. The second-order valence-electron chi connectivity index (χ2n) is 4.78. The summed E-state index contributed by atoms with van der Waals surface area (Å²) in [6, 6.07) is 4.23. The van der Waals surface area contributed by atoms with E-state index in [2.05, 4.69) is 0 Å². The van der Waals surface area contributed by atoms with E-state index in [0.717, 1.165) is 0 Å². The van der Waals surface area contributed by atoms with E-state index in [-0.39, 0.29) is 17.7 Å². The molecule has 22 heavy (non-hydrogen) atoms. The molecule has 1 unspecified atom stereocenters. The molecule has 1 amide bonds. The highest BCUT2D eigenvalue weighted by molar-refractivity contribution is 6.47. The fourth-order valence-corrected chi connectivity index (χ4v) is 2.16. The lowest BCUT2D eigenvalue weighted by Gasteiger charge is -2.29. The molecule has 1 aromatic rings. The number of fused-ring (bicyclic) bond motifs is 1. The lowest BCUT2D eigenvalue weighted by molar-refractivity contribution is -0.154. The summed E-state index contributed by atoms with van der Waals surface area (Å²) in [5.74, 6) is -3.70. The molecule has 0 saturated carbocycles. The van der Waals surface area contributed by atoms with Crippen molar-refractivity contribution in [2.24, 2.45) is 0 Å². The summed E-state index contributed by atoms with van der Waals surface area (Å²) < 4.78 is 41.4. The van der Waals surface area contributed by atoms with Gasteiger partial charge in [-0.3, -0.25) is 4.79 Å². The standard InChI is InChI=1S/C12H11BF3NO5/c14-12(15,16)5-9(18)17-8-4-6-2-1-3-7(11(19)20)10(6)22-13(8)21/h1-3,8,21H,4-5H2,(H,17,18)(H,19,20). The number of para-hydroxylation sites is 1. The number of carbonyl (C=O) groups excluding carboxylic acids is 1. The SMILES string of the molecule is O=C(CC(F)(F)F)NC1Cc2cccc(C(=O)O)c2OB1O. The number of hydrogen-bond acceptors (Lipinski definition) is 4. The fourth-order valence-electron chi connectivity index (χ4n) is 2.16. The number of hydrogen-bond donors (Lipinski definition) is 3. The minimum absolute atomic E-state index is 0.0405. The maximum Gasteiger partial charge on any atom is 0.547 e. The lowest BCUT2D eigenvalue weighted by Crippen LogP contribution is -2.53. The molecule has 1 aromatic carbocycles. The first-order valence-corrected chi connectivity index (χ1v) is 6.23. The molecule has 10 heteroatoms. The average Bonchev–Trinajstić information content (AvgIpc) is 2.36. The molecule has 0 fully saturated rings. The average molecular weight is 317 g/mol. The minimum Gasteiger partial charge on any atom is -0.534 e. The Morgan fingerprint density at radius 1 is 1.41 bits per heavy atom. The lowest BCUT2D eigenvalue weighted by atomic mass is 9.72. The van der Waals surface area contributed by atoms with Crippen LogP contribution in [0.4, 0.5) is 13.2 Å². The summed E-state index contributed by atoms with van der Waals surface area (Å²) in [6.45, 7) is 0. The van der Waals surface area contributed by atoms with Crippen LogP contribution in [-0.4, -0.2) is 41.2 Å². The number of carboxylic acid groups (broad SMARTS) is 1. The molecule has 0 spiro atoms. The number of carboxylic acids is 1. The van der Waals surface area contributed by atoms with Crippen LogP contribution < -0.4 is 9.97 Å². The van der Waals surface area contributed by atoms with Crippen molar-refractivity contribution in [2.45, 2.75) is 25.0 Å². The van der Waals surface area contributed by atoms with E-state index in [9.17, 15) is 27.8 Å². The molecule has 2 rings (SSSR count). The van der Waals surface area contributed by atoms with Gasteiger partial charge in [0.2, 0.25) is 5.91 Å². The van der Waals surface area contributed by atoms with E-state index in [0.29, 0.717) is 5.56 Å². The molecular formula is C12H11BF3NO5. The zero-order valence-corrected chi connectivity index (χ0v) is 11.1. The van der Waals surface area contributed by atoms with E-state index in [1.54, 1.807) is 0 Å². The molecule has 1 atom stereocenters. The third kappa shape index (κ3) is 3.70. The monoisotopic (exact) mass is 317 g/mol. The van der Waals surface area contributed by atoms with Gasteiger partial charge in [0.25, 0.3) is 0 Å². The van der Waals surface area contributed by atoms with Gasteiger partial charge in [-0.1, -0.05) is 12.1 Å². The van der Waals surface area contributed by atoms with E-state index in [4.69, 9.17) is 9.76 Å². The summed E-state index contributed by atoms with van der Waals surface area (Å²) in [7, 11) is -1.63. The second kappa shape index (κ2) is 5.88. The van der Waals surface area contributed by atoms with Crippen molar-refractivity contribution < 1.29 is 37.5 Å². The zero-order valence-electron chi connectivity index (χ0n) is 11.1. The topological polar surface area (TPSA) is 95.9 Å². The number of aromatic carboxylic acids is 1. The van der Waals surface area contributed by atoms with Crippen LogP contribution in [0.3, 0.4) is 0 Å². The normalized spacial score (nSPS) is 17.5. The van der Waals surface area contributed by atoms with Gasteiger partial charge >= 0.3 is 19.3 Å². The molecule has 0 saturated heterocycles. The Bertz CT molecular complexity index is 607. The highest BCUT2D eigenvalue weighted by Gasteiger charge is 2.39. The van der Waals surface area contributed by atoms with Gasteiger partial charge in [0, 0.05) is 0 Å². The Morgan fingerprint density at radius 3 is 2.68 bits per heavy atom. The van der Waals surface area contributed by atoms with Gasteiger partial charge in [0.05, 0.1) is 11.5 Å². The van der Waals surface area contributed by atoms with Gasteiger partial charge in [0.15, 0.2) is 0 Å². The summed E-state index contributed by atoms with van der Waals surface area (Å²) in [5, 5.41) is 20.8. The molecule has 1 heterocycles. The Hall–Kier alpha value is -2.23.